The number of carbonyl (C=O) groups is 1. The molecule has 4 nitrogen and oxygen atoms in total. The highest BCUT2D eigenvalue weighted by Gasteiger charge is 2.19. The van der Waals surface area contributed by atoms with E-state index in [1.807, 2.05) is 38.1 Å². The molecule has 2 rings (SSSR count). The van der Waals surface area contributed by atoms with Gasteiger partial charge in [-0.15, -0.1) is 0 Å². The quantitative estimate of drug-likeness (QED) is 0.676. The molecule has 2 aromatic rings. The maximum absolute atomic E-state index is 12.7. The number of amides is 1. The number of thiazole rings is 1. The molecule has 0 aliphatic carbocycles. The Hall–Kier alpha value is -1.17. The van der Waals surface area contributed by atoms with Crippen molar-refractivity contribution in [1.82, 2.24) is 9.88 Å². The molecule has 0 spiro atoms. The van der Waals surface area contributed by atoms with Crippen LogP contribution in [0.3, 0.4) is 0 Å². The molecular formula is C18H26ClN3OS. The van der Waals surface area contributed by atoms with Gasteiger partial charge in [-0.25, -0.2) is 4.98 Å². The number of nitrogens with zero attached hydrogens (tertiary/aromatic N) is 3. The minimum absolute atomic E-state index is 0.165. The Morgan fingerprint density at radius 1 is 1.25 bits per heavy atom. The molecule has 6 heteroatoms. The number of unbranched alkanes of at least 4 members (excludes halogenated alkanes) is 1. The van der Waals surface area contributed by atoms with Crippen molar-refractivity contribution >= 4 is 44.2 Å². The first-order valence-corrected chi connectivity index (χ1v) is 9.63. The molecule has 0 N–H and O–H groups in total. The summed E-state index contributed by atoms with van der Waals surface area (Å²) in [6.45, 7) is 5.76. The summed E-state index contributed by atoms with van der Waals surface area (Å²) in [5.74, 6) is 0.165. The second-order valence-electron chi connectivity index (χ2n) is 6.37. The molecule has 0 bridgehead atoms. The zero-order chi connectivity index (χ0) is 17.7. The second-order valence-corrected chi connectivity index (χ2v) is 7.82. The van der Waals surface area contributed by atoms with Gasteiger partial charge >= 0.3 is 0 Å². The van der Waals surface area contributed by atoms with Gasteiger partial charge in [-0.3, -0.25) is 9.69 Å². The van der Waals surface area contributed by atoms with Crippen LogP contribution in [0.5, 0.6) is 0 Å². The molecular weight excluding hydrogens is 342 g/mol. The largest absolute Gasteiger partial charge is 0.309 e. The molecule has 1 aromatic heterocycles. The van der Waals surface area contributed by atoms with Gasteiger partial charge in [0.05, 0.1) is 10.2 Å². The number of fused-ring (bicyclic) bond motifs is 1. The Kier molecular flexibility index (Phi) is 7.02. The first-order chi connectivity index (χ1) is 11.4. The van der Waals surface area contributed by atoms with Crippen LogP contribution in [0.15, 0.2) is 12.1 Å². The molecule has 0 aliphatic rings. The Balaban J connectivity index is 2.27. The predicted octanol–water partition coefficient (Wildman–Crippen LogP) is 4.73. The van der Waals surface area contributed by atoms with E-state index >= 15 is 0 Å². The summed E-state index contributed by atoms with van der Waals surface area (Å²) >= 11 is 7.71. The highest BCUT2D eigenvalue weighted by Crippen LogP contribution is 2.33. The maximum atomic E-state index is 12.7. The zero-order valence-corrected chi connectivity index (χ0v) is 16.5. The normalized spacial score (nSPS) is 11.4. The van der Waals surface area contributed by atoms with Crippen molar-refractivity contribution in [3.05, 3.63) is 22.7 Å². The molecule has 0 aliphatic heterocycles. The first kappa shape index (κ1) is 19.2. The number of halogens is 1. The van der Waals surface area contributed by atoms with Crippen LogP contribution in [0, 0.1) is 6.92 Å². The minimum atomic E-state index is 0.165. The van der Waals surface area contributed by atoms with E-state index in [0.29, 0.717) is 18.0 Å². The van der Waals surface area contributed by atoms with Crippen LogP contribution in [-0.4, -0.2) is 43.0 Å². The SMILES string of the molecule is CCCCC(=O)N(CCCN(C)C)c1nc2c(C)cc(Cl)cc2s1. The van der Waals surface area contributed by atoms with Crippen molar-refractivity contribution in [2.24, 2.45) is 0 Å². The zero-order valence-electron chi connectivity index (χ0n) is 14.9. The average molecular weight is 368 g/mol. The molecule has 1 amide bonds. The molecule has 132 valence electrons. The fourth-order valence-electron chi connectivity index (χ4n) is 2.59. The number of anilines is 1. The van der Waals surface area contributed by atoms with E-state index in [4.69, 9.17) is 16.6 Å². The van der Waals surface area contributed by atoms with Gasteiger partial charge in [0.15, 0.2) is 5.13 Å². The molecule has 1 heterocycles. The summed E-state index contributed by atoms with van der Waals surface area (Å²) in [5.41, 5.74) is 1.99. The summed E-state index contributed by atoms with van der Waals surface area (Å²) in [7, 11) is 4.10. The van der Waals surface area contributed by atoms with Crippen molar-refractivity contribution in [2.45, 2.75) is 39.5 Å². The maximum Gasteiger partial charge on any atom is 0.228 e. The molecule has 0 atom stereocenters. The number of hydrogen-bond acceptors (Lipinski definition) is 4. The van der Waals surface area contributed by atoms with E-state index in [1.54, 1.807) is 11.3 Å². The monoisotopic (exact) mass is 367 g/mol. The Labute approximate surface area is 153 Å². The van der Waals surface area contributed by atoms with Crippen LogP contribution in [0.1, 0.15) is 38.2 Å². The molecule has 1 aromatic carbocycles. The van der Waals surface area contributed by atoms with Gasteiger partial charge in [0.1, 0.15) is 0 Å². The lowest BCUT2D eigenvalue weighted by molar-refractivity contribution is -0.118. The summed E-state index contributed by atoms with van der Waals surface area (Å²) in [6.07, 6.45) is 3.44. The number of aromatic nitrogens is 1. The Morgan fingerprint density at radius 2 is 2.00 bits per heavy atom. The summed E-state index contributed by atoms with van der Waals surface area (Å²) in [4.78, 5) is 21.4. The van der Waals surface area contributed by atoms with E-state index in [0.717, 1.165) is 46.7 Å². The summed E-state index contributed by atoms with van der Waals surface area (Å²) < 4.78 is 1.04. The van der Waals surface area contributed by atoms with E-state index in [1.165, 1.54) is 0 Å². The van der Waals surface area contributed by atoms with Crippen LogP contribution in [0.4, 0.5) is 5.13 Å². The highest BCUT2D eigenvalue weighted by atomic mass is 35.5. The lowest BCUT2D eigenvalue weighted by atomic mass is 10.2. The molecule has 0 radical (unpaired) electrons. The lowest BCUT2D eigenvalue weighted by Crippen LogP contribution is -2.33. The van der Waals surface area contributed by atoms with Gasteiger partial charge in [-0.2, -0.15) is 0 Å². The van der Waals surface area contributed by atoms with Crippen LogP contribution < -0.4 is 4.90 Å². The van der Waals surface area contributed by atoms with E-state index in [-0.39, 0.29) is 5.91 Å². The Morgan fingerprint density at radius 3 is 2.67 bits per heavy atom. The fraction of sp³-hybridized carbons (Fsp3) is 0.556. The van der Waals surface area contributed by atoms with Gasteiger partial charge in [0, 0.05) is 18.0 Å². The third-order valence-corrected chi connectivity index (χ3v) is 5.15. The molecule has 0 saturated carbocycles. The summed E-state index contributed by atoms with van der Waals surface area (Å²) in [6, 6.07) is 3.85. The van der Waals surface area contributed by atoms with E-state index in [9.17, 15) is 4.79 Å². The van der Waals surface area contributed by atoms with Crippen molar-refractivity contribution in [3.63, 3.8) is 0 Å². The molecule has 0 unspecified atom stereocenters. The smallest absolute Gasteiger partial charge is 0.228 e. The van der Waals surface area contributed by atoms with Crippen molar-refractivity contribution in [3.8, 4) is 0 Å². The third kappa shape index (κ3) is 4.91. The van der Waals surface area contributed by atoms with Gasteiger partial charge in [0.2, 0.25) is 5.91 Å². The first-order valence-electron chi connectivity index (χ1n) is 8.44. The number of aryl methyl sites for hydroxylation is 1. The third-order valence-electron chi connectivity index (χ3n) is 3.90. The van der Waals surface area contributed by atoms with Crippen LogP contribution >= 0.6 is 22.9 Å². The van der Waals surface area contributed by atoms with Crippen LogP contribution in [0.25, 0.3) is 10.2 Å². The number of carbonyl (C=O) groups excluding carboxylic acids is 1. The van der Waals surface area contributed by atoms with Gasteiger partial charge in [-0.1, -0.05) is 36.3 Å². The lowest BCUT2D eigenvalue weighted by Gasteiger charge is -2.21. The van der Waals surface area contributed by atoms with Crippen molar-refractivity contribution in [2.75, 3.05) is 32.1 Å². The van der Waals surface area contributed by atoms with Crippen molar-refractivity contribution in [1.29, 1.82) is 0 Å². The summed E-state index contributed by atoms with van der Waals surface area (Å²) in [5, 5.41) is 1.50. The van der Waals surface area contributed by atoms with Crippen molar-refractivity contribution < 1.29 is 4.79 Å². The number of hydrogen-bond donors (Lipinski definition) is 0. The highest BCUT2D eigenvalue weighted by molar-refractivity contribution is 7.22. The second kappa shape index (κ2) is 8.79. The molecule has 24 heavy (non-hydrogen) atoms. The Bertz CT molecular complexity index is 699. The van der Waals surface area contributed by atoms with E-state index < -0.39 is 0 Å². The molecule has 0 saturated heterocycles. The number of rotatable bonds is 8. The predicted molar refractivity (Wildman–Crippen MR) is 104 cm³/mol. The van der Waals surface area contributed by atoms with E-state index in [2.05, 4.69) is 11.8 Å². The topological polar surface area (TPSA) is 36.4 Å². The van der Waals surface area contributed by atoms with Crippen LogP contribution in [0.2, 0.25) is 5.02 Å². The van der Waals surface area contributed by atoms with Crippen LogP contribution in [-0.2, 0) is 4.79 Å². The fourth-order valence-corrected chi connectivity index (χ4v) is 4.06. The standard InChI is InChI=1S/C18H26ClN3OS/c1-5-6-8-16(23)22(10-7-9-21(3)4)18-20-17-13(2)11-14(19)12-15(17)24-18/h11-12H,5-10H2,1-4H3. The van der Waals surface area contributed by atoms with Gasteiger partial charge in [-0.05, 0) is 58.1 Å². The molecule has 0 fully saturated rings. The minimum Gasteiger partial charge on any atom is -0.309 e. The number of benzene rings is 1. The van der Waals surface area contributed by atoms with Gasteiger partial charge in [0.25, 0.3) is 0 Å². The average Bonchev–Trinajstić information content (AvgIpc) is 2.92. The van der Waals surface area contributed by atoms with Gasteiger partial charge < -0.3 is 4.90 Å².